The number of hydrogen-bond acceptors (Lipinski definition) is 1. The maximum Gasteiger partial charge on any atom is 0.0222 e. The lowest BCUT2D eigenvalue weighted by Gasteiger charge is -2.19. The third-order valence-electron chi connectivity index (χ3n) is 2.80. The smallest absolute Gasteiger partial charge is 0.0222 e. The van der Waals surface area contributed by atoms with E-state index in [-0.39, 0.29) is 5.41 Å². The molecule has 1 aromatic carbocycles. The summed E-state index contributed by atoms with van der Waals surface area (Å²) in [6.45, 7) is 13.5. The predicted octanol–water partition coefficient (Wildman–Crippen LogP) is 3.65. The van der Waals surface area contributed by atoms with Crippen molar-refractivity contribution >= 4 is 0 Å². The van der Waals surface area contributed by atoms with E-state index in [1.165, 1.54) is 11.1 Å². The summed E-state index contributed by atoms with van der Waals surface area (Å²) in [5.74, 6) is 0. The summed E-state index contributed by atoms with van der Waals surface area (Å²) in [6, 6.07) is 9.19. The van der Waals surface area contributed by atoms with Gasteiger partial charge in [-0.3, -0.25) is 0 Å². The van der Waals surface area contributed by atoms with Crippen LogP contribution < -0.4 is 5.32 Å². The van der Waals surface area contributed by atoms with Gasteiger partial charge in [0.2, 0.25) is 0 Å². The van der Waals surface area contributed by atoms with Crippen molar-refractivity contribution in [1.82, 2.24) is 5.32 Å². The van der Waals surface area contributed by atoms with E-state index < -0.39 is 0 Å². The van der Waals surface area contributed by atoms with Gasteiger partial charge in [0, 0.05) is 12.6 Å². The zero-order valence-corrected chi connectivity index (χ0v) is 10.9. The van der Waals surface area contributed by atoms with Crippen molar-refractivity contribution in [3.8, 4) is 0 Å². The summed E-state index contributed by atoms with van der Waals surface area (Å²) < 4.78 is 0. The molecule has 1 rings (SSSR count). The molecule has 0 amide bonds. The molecule has 1 N–H and O–H groups in total. The SMILES string of the molecule is C=CC(C)NCc1ccc(C(C)(C)C)cc1. The van der Waals surface area contributed by atoms with Crippen LogP contribution in [-0.2, 0) is 12.0 Å². The Labute approximate surface area is 99.6 Å². The van der Waals surface area contributed by atoms with Crippen LogP contribution in [0.1, 0.15) is 38.8 Å². The Hall–Kier alpha value is -1.08. The normalized spacial score (nSPS) is 13.5. The minimum Gasteiger partial charge on any atom is -0.307 e. The summed E-state index contributed by atoms with van der Waals surface area (Å²) in [5.41, 5.74) is 2.94. The molecule has 1 nitrogen and oxygen atoms in total. The Morgan fingerprint density at radius 2 is 1.81 bits per heavy atom. The van der Waals surface area contributed by atoms with Crippen LogP contribution in [0.15, 0.2) is 36.9 Å². The fourth-order valence-corrected chi connectivity index (χ4v) is 1.48. The van der Waals surface area contributed by atoms with Crippen molar-refractivity contribution in [3.63, 3.8) is 0 Å². The second-order valence-electron chi connectivity index (χ2n) is 5.35. The monoisotopic (exact) mass is 217 g/mol. The van der Waals surface area contributed by atoms with Gasteiger partial charge in [-0.15, -0.1) is 6.58 Å². The first kappa shape index (κ1) is 13.0. The summed E-state index contributed by atoms with van der Waals surface area (Å²) >= 11 is 0. The van der Waals surface area contributed by atoms with Crippen molar-refractivity contribution in [2.75, 3.05) is 0 Å². The summed E-state index contributed by atoms with van der Waals surface area (Å²) in [7, 11) is 0. The molecule has 0 saturated carbocycles. The van der Waals surface area contributed by atoms with E-state index in [1.54, 1.807) is 0 Å². The van der Waals surface area contributed by atoms with Crippen LogP contribution in [-0.4, -0.2) is 6.04 Å². The first-order valence-electron chi connectivity index (χ1n) is 5.89. The maximum absolute atomic E-state index is 3.76. The van der Waals surface area contributed by atoms with Crippen LogP contribution in [0.5, 0.6) is 0 Å². The van der Waals surface area contributed by atoms with Crippen LogP contribution >= 0.6 is 0 Å². The molecule has 1 aromatic rings. The molecule has 1 unspecified atom stereocenters. The minimum absolute atomic E-state index is 0.236. The van der Waals surface area contributed by atoms with E-state index in [9.17, 15) is 0 Å². The topological polar surface area (TPSA) is 12.0 Å². The summed E-state index contributed by atoms with van der Waals surface area (Å²) in [6.07, 6.45) is 1.92. The Bertz CT molecular complexity index is 329. The highest BCUT2D eigenvalue weighted by Gasteiger charge is 2.12. The van der Waals surface area contributed by atoms with Crippen molar-refractivity contribution < 1.29 is 0 Å². The molecule has 0 aromatic heterocycles. The van der Waals surface area contributed by atoms with Crippen molar-refractivity contribution in [2.45, 2.75) is 45.7 Å². The van der Waals surface area contributed by atoms with Crippen LogP contribution in [0.25, 0.3) is 0 Å². The molecule has 1 heteroatoms. The Morgan fingerprint density at radius 1 is 1.25 bits per heavy atom. The van der Waals surface area contributed by atoms with E-state index in [0.29, 0.717) is 6.04 Å². The van der Waals surface area contributed by atoms with Crippen LogP contribution in [0.4, 0.5) is 0 Å². The standard InChI is InChI=1S/C15H23N/c1-6-12(2)16-11-13-7-9-14(10-8-13)15(3,4)5/h6-10,12,16H,1,11H2,2-5H3. The lowest BCUT2D eigenvalue weighted by atomic mass is 9.87. The van der Waals surface area contributed by atoms with Crippen LogP contribution in [0.3, 0.4) is 0 Å². The van der Waals surface area contributed by atoms with E-state index >= 15 is 0 Å². The summed E-state index contributed by atoms with van der Waals surface area (Å²) in [4.78, 5) is 0. The Balaban J connectivity index is 2.62. The molecule has 0 fully saturated rings. The molecule has 0 aliphatic rings. The van der Waals surface area contributed by atoms with Gasteiger partial charge < -0.3 is 5.32 Å². The second kappa shape index (κ2) is 5.31. The van der Waals surface area contributed by atoms with Gasteiger partial charge in [0.05, 0.1) is 0 Å². The number of rotatable bonds is 4. The van der Waals surface area contributed by atoms with Gasteiger partial charge >= 0.3 is 0 Å². The predicted molar refractivity (Wildman–Crippen MR) is 71.6 cm³/mol. The van der Waals surface area contributed by atoms with Gasteiger partial charge in [0.1, 0.15) is 0 Å². The molecule has 0 bridgehead atoms. The average Bonchev–Trinajstić information content (AvgIpc) is 2.25. The van der Waals surface area contributed by atoms with Crippen LogP contribution in [0, 0.1) is 0 Å². The third kappa shape index (κ3) is 3.82. The molecular formula is C15H23N. The summed E-state index contributed by atoms with van der Waals surface area (Å²) in [5, 5.41) is 3.39. The number of benzene rings is 1. The highest BCUT2D eigenvalue weighted by Crippen LogP contribution is 2.22. The lowest BCUT2D eigenvalue weighted by Crippen LogP contribution is -2.23. The van der Waals surface area contributed by atoms with Gasteiger partial charge in [0.25, 0.3) is 0 Å². The van der Waals surface area contributed by atoms with Gasteiger partial charge in [-0.1, -0.05) is 51.1 Å². The molecule has 0 aliphatic heterocycles. The minimum atomic E-state index is 0.236. The lowest BCUT2D eigenvalue weighted by molar-refractivity contribution is 0.588. The van der Waals surface area contributed by atoms with Gasteiger partial charge in [-0.2, -0.15) is 0 Å². The molecule has 88 valence electrons. The molecule has 0 saturated heterocycles. The first-order chi connectivity index (χ1) is 7.43. The molecule has 16 heavy (non-hydrogen) atoms. The fraction of sp³-hybridized carbons (Fsp3) is 0.467. The fourth-order valence-electron chi connectivity index (χ4n) is 1.48. The molecule has 1 atom stereocenters. The van der Waals surface area contributed by atoms with Gasteiger partial charge in [0.15, 0.2) is 0 Å². The highest BCUT2D eigenvalue weighted by atomic mass is 14.9. The molecule has 0 spiro atoms. The average molecular weight is 217 g/mol. The maximum atomic E-state index is 3.76. The first-order valence-corrected chi connectivity index (χ1v) is 5.89. The second-order valence-corrected chi connectivity index (χ2v) is 5.35. The zero-order valence-electron chi connectivity index (χ0n) is 10.9. The highest BCUT2D eigenvalue weighted by molar-refractivity contribution is 5.27. The Morgan fingerprint density at radius 3 is 2.25 bits per heavy atom. The van der Waals surface area contributed by atoms with Crippen molar-refractivity contribution in [2.24, 2.45) is 0 Å². The zero-order chi connectivity index (χ0) is 12.2. The molecule has 0 heterocycles. The number of nitrogens with one attached hydrogen (secondary N) is 1. The van der Waals surface area contributed by atoms with E-state index in [0.717, 1.165) is 6.54 Å². The molecule has 0 aliphatic carbocycles. The van der Waals surface area contributed by atoms with E-state index in [2.05, 4.69) is 63.9 Å². The molecule has 0 radical (unpaired) electrons. The van der Waals surface area contributed by atoms with Crippen LogP contribution in [0.2, 0.25) is 0 Å². The third-order valence-corrected chi connectivity index (χ3v) is 2.80. The largest absolute Gasteiger partial charge is 0.307 e. The van der Waals surface area contributed by atoms with Crippen molar-refractivity contribution in [3.05, 3.63) is 48.0 Å². The number of hydrogen-bond donors (Lipinski definition) is 1. The quantitative estimate of drug-likeness (QED) is 0.759. The Kier molecular flexibility index (Phi) is 4.31. The van der Waals surface area contributed by atoms with E-state index in [1.807, 2.05) is 6.08 Å². The molecular weight excluding hydrogens is 194 g/mol. The van der Waals surface area contributed by atoms with E-state index in [4.69, 9.17) is 0 Å². The van der Waals surface area contributed by atoms with Gasteiger partial charge in [-0.25, -0.2) is 0 Å². The van der Waals surface area contributed by atoms with Gasteiger partial charge in [-0.05, 0) is 23.5 Å². The van der Waals surface area contributed by atoms with Crippen molar-refractivity contribution in [1.29, 1.82) is 0 Å².